The molecule has 0 spiro atoms. The van der Waals surface area contributed by atoms with Gasteiger partial charge in [0.2, 0.25) is 0 Å². The average molecular weight is 487 g/mol. The number of piperidine rings is 2. The lowest BCUT2D eigenvalue weighted by molar-refractivity contribution is -0.138. The summed E-state index contributed by atoms with van der Waals surface area (Å²) in [7, 11) is 0. The van der Waals surface area contributed by atoms with Crippen LogP contribution in [0.25, 0.3) is 11.4 Å². The van der Waals surface area contributed by atoms with Crippen LogP contribution in [0.15, 0.2) is 42.9 Å². The first-order valence-corrected chi connectivity index (χ1v) is 11.2. The lowest BCUT2D eigenvalue weighted by Crippen LogP contribution is -2.59. The number of amides is 1. The maximum Gasteiger partial charge on any atom is 0.417 e. The highest BCUT2D eigenvalue weighted by atomic mass is 19.4. The summed E-state index contributed by atoms with van der Waals surface area (Å²) >= 11 is 0. The number of halogens is 4. The maximum atomic E-state index is 14.4. The van der Waals surface area contributed by atoms with Gasteiger partial charge in [-0.15, -0.1) is 0 Å². The second-order valence-corrected chi connectivity index (χ2v) is 8.79. The number of hydrogen-bond acceptors (Lipinski definition) is 6. The molecule has 0 N–H and O–H groups in total. The van der Waals surface area contributed by atoms with E-state index in [9.17, 15) is 22.4 Å². The zero-order valence-electron chi connectivity index (χ0n) is 18.7. The van der Waals surface area contributed by atoms with Crippen LogP contribution in [0, 0.1) is 18.7 Å². The summed E-state index contributed by atoms with van der Waals surface area (Å²) in [5, 5.41) is 0. The molecule has 0 radical (unpaired) electrons. The number of carbonyl (C=O) groups is 1. The molecule has 1 amide bonds. The molecule has 6 rings (SSSR count). The monoisotopic (exact) mass is 487 g/mol. The number of carbonyl (C=O) groups excluding carboxylic acids is 1. The molecule has 3 fully saturated rings. The Hall–Kier alpha value is -3.63. The molecule has 2 aliphatic heterocycles. The van der Waals surface area contributed by atoms with Gasteiger partial charge < -0.3 is 9.64 Å². The molecule has 1 saturated carbocycles. The van der Waals surface area contributed by atoms with E-state index < -0.39 is 35.6 Å². The van der Waals surface area contributed by atoms with E-state index in [-0.39, 0.29) is 17.5 Å². The number of hydrogen-bond donors (Lipinski definition) is 0. The van der Waals surface area contributed by atoms with Crippen molar-refractivity contribution in [3.63, 3.8) is 0 Å². The van der Waals surface area contributed by atoms with Crippen molar-refractivity contribution >= 4 is 5.91 Å². The molecule has 2 saturated heterocycles. The van der Waals surface area contributed by atoms with Crippen LogP contribution >= 0.6 is 0 Å². The second-order valence-electron chi connectivity index (χ2n) is 8.79. The number of ether oxygens (including phenoxy) is 1. The van der Waals surface area contributed by atoms with Crippen LogP contribution in [-0.4, -0.2) is 49.4 Å². The fourth-order valence-electron chi connectivity index (χ4n) is 4.78. The summed E-state index contributed by atoms with van der Waals surface area (Å²) in [5.41, 5.74) is 0.168. The highest BCUT2D eigenvalue weighted by Crippen LogP contribution is 2.39. The second kappa shape index (κ2) is 8.86. The number of aromatic nitrogens is 4. The minimum Gasteiger partial charge on any atom is -0.470 e. The van der Waals surface area contributed by atoms with Gasteiger partial charge in [0.25, 0.3) is 11.8 Å². The van der Waals surface area contributed by atoms with Crippen LogP contribution in [-0.2, 0) is 6.18 Å². The number of nitrogens with zero attached hydrogens (tertiary/aromatic N) is 5. The summed E-state index contributed by atoms with van der Waals surface area (Å²) in [6.07, 6.45) is 0.424. The average Bonchev–Trinajstić information content (AvgIpc) is 2.85. The maximum absolute atomic E-state index is 14.4. The minimum absolute atomic E-state index is 0.104. The van der Waals surface area contributed by atoms with Crippen LogP contribution < -0.4 is 4.74 Å². The molecule has 3 aromatic rings. The van der Waals surface area contributed by atoms with E-state index in [1.165, 1.54) is 0 Å². The van der Waals surface area contributed by atoms with E-state index in [0.29, 0.717) is 48.7 Å². The molecule has 5 heterocycles. The molecule has 0 aromatic carbocycles. The number of rotatable bonds is 4. The third kappa shape index (κ3) is 4.54. The quantitative estimate of drug-likeness (QED) is 0.505. The first-order chi connectivity index (χ1) is 16.7. The van der Waals surface area contributed by atoms with Crippen LogP contribution in [0.4, 0.5) is 17.6 Å². The first-order valence-electron chi connectivity index (χ1n) is 11.2. The van der Waals surface area contributed by atoms with Crippen molar-refractivity contribution in [2.45, 2.75) is 44.5 Å². The van der Waals surface area contributed by atoms with Crippen LogP contribution in [0.2, 0.25) is 0 Å². The van der Waals surface area contributed by atoms with Gasteiger partial charge in [-0.05, 0) is 56.4 Å². The molecular formula is C24H21F4N5O2. The van der Waals surface area contributed by atoms with Gasteiger partial charge in [-0.2, -0.15) is 13.2 Å². The van der Waals surface area contributed by atoms with Crippen LogP contribution in [0.5, 0.6) is 5.88 Å². The Kier molecular flexibility index (Phi) is 5.86. The number of pyridine rings is 2. The van der Waals surface area contributed by atoms with Gasteiger partial charge in [-0.1, -0.05) is 0 Å². The molecule has 11 heteroatoms. The largest absolute Gasteiger partial charge is 0.470 e. The molecule has 7 nitrogen and oxygen atoms in total. The van der Waals surface area contributed by atoms with Crippen molar-refractivity contribution < 1.29 is 27.1 Å². The molecule has 2 bridgehead atoms. The number of fused-ring (bicyclic) bond motifs is 3. The van der Waals surface area contributed by atoms with E-state index in [2.05, 4.69) is 19.9 Å². The first kappa shape index (κ1) is 23.1. The highest BCUT2D eigenvalue weighted by Gasteiger charge is 2.45. The van der Waals surface area contributed by atoms with Crippen molar-refractivity contribution in [1.29, 1.82) is 0 Å². The van der Waals surface area contributed by atoms with E-state index in [4.69, 9.17) is 4.74 Å². The van der Waals surface area contributed by atoms with Crippen molar-refractivity contribution in [2.24, 2.45) is 5.92 Å². The summed E-state index contributed by atoms with van der Waals surface area (Å²) in [5.74, 6) is -1.54. The molecular weight excluding hydrogens is 466 g/mol. The fraction of sp³-hybridized carbons (Fsp3) is 0.375. The Balaban J connectivity index is 1.42. The Morgan fingerprint density at radius 1 is 1.14 bits per heavy atom. The third-order valence-corrected chi connectivity index (χ3v) is 6.42. The zero-order chi connectivity index (χ0) is 24.7. The zero-order valence-corrected chi connectivity index (χ0v) is 18.7. The van der Waals surface area contributed by atoms with Gasteiger partial charge in [0.05, 0.1) is 17.2 Å². The topological polar surface area (TPSA) is 81.1 Å². The Morgan fingerprint density at radius 3 is 2.60 bits per heavy atom. The smallest absolute Gasteiger partial charge is 0.417 e. The predicted octanol–water partition coefficient (Wildman–Crippen LogP) is 4.47. The molecule has 3 aliphatic rings. The van der Waals surface area contributed by atoms with Gasteiger partial charge in [-0.3, -0.25) is 4.79 Å². The van der Waals surface area contributed by atoms with Crippen LogP contribution in [0.1, 0.15) is 41.0 Å². The summed E-state index contributed by atoms with van der Waals surface area (Å²) in [6.45, 7) is 2.26. The van der Waals surface area contributed by atoms with Gasteiger partial charge in [0, 0.05) is 30.8 Å². The van der Waals surface area contributed by atoms with Crippen LogP contribution in [0.3, 0.4) is 0 Å². The van der Waals surface area contributed by atoms with Gasteiger partial charge >= 0.3 is 6.18 Å². The third-order valence-electron chi connectivity index (χ3n) is 6.42. The van der Waals surface area contributed by atoms with Crippen molar-refractivity contribution in [3.8, 4) is 17.3 Å². The lowest BCUT2D eigenvalue weighted by atomic mass is 9.77. The highest BCUT2D eigenvalue weighted by molar-refractivity contribution is 5.98. The Bertz CT molecular complexity index is 1250. The molecule has 3 aromatic heterocycles. The van der Waals surface area contributed by atoms with Crippen molar-refractivity contribution in [3.05, 3.63) is 65.6 Å². The predicted molar refractivity (Wildman–Crippen MR) is 116 cm³/mol. The van der Waals surface area contributed by atoms with E-state index in [1.807, 2.05) is 0 Å². The molecule has 182 valence electrons. The van der Waals surface area contributed by atoms with E-state index >= 15 is 0 Å². The Morgan fingerprint density at radius 2 is 1.91 bits per heavy atom. The normalized spacial score (nSPS) is 21.7. The van der Waals surface area contributed by atoms with Crippen molar-refractivity contribution in [1.82, 2.24) is 24.8 Å². The van der Waals surface area contributed by atoms with Gasteiger partial charge in [-0.25, -0.2) is 24.3 Å². The van der Waals surface area contributed by atoms with Gasteiger partial charge in [0.1, 0.15) is 11.8 Å². The molecule has 1 aliphatic carbocycles. The summed E-state index contributed by atoms with van der Waals surface area (Å²) in [6, 6.07) is 5.17. The minimum atomic E-state index is -4.71. The number of aryl methyl sites for hydroxylation is 1. The molecule has 3 unspecified atom stereocenters. The summed E-state index contributed by atoms with van der Waals surface area (Å²) < 4.78 is 58.7. The van der Waals surface area contributed by atoms with Crippen molar-refractivity contribution in [2.75, 3.05) is 6.54 Å². The number of alkyl halides is 3. The summed E-state index contributed by atoms with van der Waals surface area (Å²) in [4.78, 5) is 31.9. The molecule has 35 heavy (non-hydrogen) atoms. The Labute approximate surface area is 198 Å². The van der Waals surface area contributed by atoms with Gasteiger partial charge in [0.15, 0.2) is 11.6 Å². The lowest BCUT2D eigenvalue weighted by Gasteiger charge is -2.49. The van der Waals surface area contributed by atoms with E-state index in [0.717, 1.165) is 6.42 Å². The SMILES string of the molecule is Cc1ccc(-c2ncccn2)c(C(=O)N2CC3CCC2C(Oc2ncc(C(F)(F)F)cc2F)C3)n1. The standard InChI is InChI=1S/C24H21F4N5O2/c1-13-3-5-16(21-29-7-2-8-30-21)20(32-13)23(34)33-12-14-4-6-18(33)19(9-14)35-22-17(25)10-15(11-31-22)24(26,27)28/h2-3,5,7-8,10-11,14,18-19H,4,6,9,12H2,1H3. The molecule has 3 atom stereocenters. The van der Waals surface area contributed by atoms with E-state index in [1.54, 1.807) is 42.4 Å². The fourth-order valence-corrected chi connectivity index (χ4v) is 4.78.